The lowest BCUT2D eigenvalue weighted by Crippen LogP contribution is -1.84. The van der Waals surface area contributed by atoms with Crippen molar-refractivity contribution in [1.29, 1.82) is 0 Å². The van der Waals surface area contributed by atoms with Crippen LogP contribution in [0.4, 0.5) is 0 Å². The lowest BCUT2D eigenvalue weighted by molar-refractivity contribution is 1.05. The maximum atomic E-state index is 3.65. The average Bonchev–Trinajstić information content (AvgIpc) is 2.82. The second kappa shape index (κ2) is 9.22. The first kappa shape index (κ1) is 19.0. The van der Waals surface area contributed by atoms with Crippen molar-refractivity contribution in [1.82, 2.24) is 15.0 Å². The zero-order valence-electron chi connectivity index (χ0n) is 15.6. The Morgan fingerprint density at radius 1 is 0.483 bits per heavy atom. The van der Waals surface area contributed by atoms with Gasteiger partial charge >= 0.3 is 0 Å². The third kappa shape index (κ3) is 4.55. The summed E-state index contributed by atoms with van der Waals surface area (Å²) in [5.74, 6) is 0. The van der Waals surface area contributed by atoms with E-state index in [1.54, 1.807) is 0 Å². The van der Waals surface area contributed by atoms with E-state index >= 15 is 0 Å². The van der Waals surface area contributed by atoms with Gasteiger partial charge in [-0.1, -0.05) is 94.8 Å². The van der Waals surface area contributed by atoms with Crippen LogP contribution in [0.15, 0.2) is 114 Å². The summed E-state index contributed by atoms with van der Waals surface area (Å²) in [6, 6.07) is 32.1. The van der Waals surface area contributed by atoms with Crippen molar-refractivity contribution in [3.05, 3.63) is 114 Å². The van der Waals surface area contributed by atoms with E-state index < -0.39 is 0 Å². The monoisotopic (exact) mass is 439 g/mol. The maximum absolute atomic E-state index is 3.65. The molecule has 0 aliphatic rings. The normalized spacial score (nSPS) is 10.2. The highest BCUT2D eigenvalue weighted by molar-refractivity contribution is 9.10. The van der Waals surface area contributed by atoms with E-state index in [0.717, 1.165) is 4.47 Å². The number of aromatic nitrogens is 3. The molecule has 1 heterocycles. The molecule has 1 aromatic heterocycles. The van der Waals surface area contributed by atoms with Crippen LogP contribution in [0.3, 0.4) is 0 Å². The van der Waals surface area contributed by atoms with Gasteiger partial charge in [-0.05, 0) is 45.2 Å². The molecule has 29 heavy (non-hydrogen) atoms. The Morgan fingerprint density at radius 3 is 1.76 bits per heavy atom. The van der Waals surface area contributed by atoms with E-state index in [0.29, 0.717) is 0 Å². The highest BCUT2D eigenvalue weighted by Crippen LogP contribution is 2.34. The summed E-state index contributed by atoms with van der Waals surface area (Å²) in [7, 11) is 0. The highest BCUT2D eigenvalue weighted by atomic mass is 79.9. The molecule has 3 nitrogen and oxygen atoms in total. The third-order valence-electron chi connectivity index (χ3n) is 4.55. The van der Waals surface area contributed by atoms with E-state index in [2.05, 4.69) is 122 Å². The number of hydrogen-bond donors (Lipinski definition) is 0. The van der Waals surface area contributed by atoms with E-state index in [9.17, 15) is 0 Å². The van der Waals surface area contributed by atoms with Gasteiger partial charge in [0.05, 0.1) is 0 Å². The molecule has 0 aliphatic carbocycles. The summed E-state index contributed by atoms with van der Waals surface area (Å²) in [5, 5.41) is 2.52. The molecule has 0 saturated carbocycles. The zero-order chi connectivity index (χ0) is 19.9. The van der Waals surface area contributed by atoms with Crippen molar-refractivity contribution in [2.24, 2.45) is 0 Å². The Balaban J connectivity index is 0.000000294. The molecule has 5 aromatic rings. The van der Waals surface area contributed by atoms with Crippen molar-refractivity contribution in [3.63, 3.8) is 0 Å². The van der Waals surface area contributed by atoms with E-state index in [1.165, 1.54) is 52.0 Å². The predicted octanol–water partition coefficient (Wildman–Crippen LogP) is 6.81. The Morgan fingerprint density at radius 2 is 1.07 bits per heavy atom. The summed E-state index contributed by atoms with van der Waals surface area (Å²) < 4.78 is 1.14. The number of halogens is 1. The van der Waals surface area contributed by atoms with Crippen molar-refractivity contribution in [2.45, 2.75) is 0 Å². The smallest absolute Gasteiger partial charge is 0.119 e. The summed E-state index contributed by atoms with van der Waals surface area (Å²) in [4.78, 5) is 10.7. The van der Waals surface area contributed by atoms with Gasteiger partial charge in [0, 0.05) is 4.47 Å². The number of hydrogen-bond acceptors (Lipinski definition) is 3. The van der Waals surface area contributed by atoms with Crippen molar-refractivity contribution in [2.75, 3.05) is 0 Å². The van der Waals surface area contributed by atoms with Crippen LogP contribution in [0.2, 0.25) is 0 Å². The minimum atomic E-state index is 1.14. The first-order chi connectivity index (χ1) is 14.3. The quantitative estimate of drug-likeness (QED) is 0.303. The van der Waals surface area contributed by atoms with Crippen molar-refractivity contribution >= 4 is 26.7 Å². The molecule has 0 radical (unpaired) electrons. The van der Waals surface area contributed by atoms with Gasteiger partial charge in [-0.2, -0.15) is 0 Å². The predicted molar refractivity (Wildman–Crippen MR) is 122 cm³/mol. The molecular formula is C25H18BrN3. The van der Waals surface area contributed by atoms with E-state index in [-0.39, 0.29) is 0 Å². The van der Waals surface area contributed by atoms with Crippen LogP contribution in [0, 0.1) is 0 Å². The number of nitrogens with zero attached hydrogens (tertiary/aromatic N) is 3. The average molecular weight is 440 g/mol. The van der Waals surface area contributed by atoms with Gasteiger partial charge in [0.15, 0.2) is 0 Å². The lowest BCUT2D eigenvalue weighted by atomic mass is 9.95. The largest absolute Gasteiger partial charge is 0.225 e. The zero-order valence-corrected chi connectivity index (χ0v) is 17.2. The van der Waals surface area contributed by atoms with Gasteiger partial charge in [-0.25, -0.2) is 15.0 Å². The molecule has 0 bridgehead atoms. The maximum Gasteiger partial charge on any atom is 0.119 e. The topological polar surface area (TPSA) is 38.7 Å². The van der Waals surface area contributed by atoms with Gasteiger partial charge < -0.3 is 0 Å². The number of rotatable bonds is 2. The fourth-order valence-electron chi connectivity index (χ4n) is 3.22. The number of fused-ring (bicyclic) bond motifs is 1. The Kier molecular flexibility index (Phi) is 6.03. The van der Waals surface area contributed by atoms with Gasteiger partial charge in [0.2, 0.25) is 0 Å². The molecule has 0 atom stereocenters. The first-order valence-electron chi connectivity index (χ1n) is 9.21. The molecule has 4 heteroatoms. The Bertz CT molecular complexity index is 1180. The molecule has 0 unspecified atom stereocenters. The van der Waals surface area contributed by atoms with Gasteiger partial charge in [-0.15, -0.1) is 0 Å². The second-order valence-electron chi connectivity index (χ2n) is 6.38. The molecule has 0 spiro atoms. The van der Waals surface area contributed by atoms with Crippen LogP contribution in [-0.2, 0) is 0 Å². The van der Waals surface area contributed by atoms with E-state index in [1.807, 2.05) is 0 Å². The van der Waals surface area contributed by atoms with Gasteiger partial charge in [0.1, 0.15) is 19.0 Å². The molecule has 0 aliphatic heterocycles. The fraction of sp³-hybridized carbons (Fsp3) is 0. The molecule has 0 amide bonds. The number of benzene rings is 4. The lowest BCUT2D eigenvalue weighted by Gasteiger charge is -2.10. The van der Waals surface area contributed by atoms with Crippen LogP contribution < -0.4 is 0 Å². The first-order valence-corrected chi connectivity index (χ1v) is 10.0. The SMILES string of the molecule is Brc1ccc(-c2cccc(-c3ccccc3)c2)c2ccccc12.c1ncncn1. The summed E-state index contributed by atoms with van der Waals surface area (Å²) in [6.07, 6.45) is 4.31. The molecule has 0 saturated heterocycles. The van der Waals surface area contributed by atoms with Crippen LogP contribution in [0.5, 0.6) is 0 Å². The fourth-order valence-corrected chi connectivity index (χ4v) is 3.69. The van der Waals surface area contributed by atoms with Crippen molar-refractivity contribution < 1.29 is 0 Å². The molecule has 5 rings (SSSR count). The van der Waals surface area contributed by atoms with Crippen LogP contribution >= 0.6 is 15.9 Å². The van der Waals surface area contributed by atoms with E-state index in [4.69, 9.17) is 0 Å². The summed E-state index contributed by atoms with van der Waals surface area (Å²) in [6.45, 7) is 0. The second-order valence-corrected chi connectivity index (χ2v) is 7.24. The van der Waals surface area contributed by atoms with Crippen molar-refractivity contribution in [3.8, 4) is 22.3 Å². The third-order valence-corrected chi connectivity index (χ3v) is 5.24. The Labute approximate surface area is 178 Å². The summed E-state index contributed by atoms with van der Waals surface area (Å²) in [5.41, 5.74) is 5.00. The standard InChI is InChI=1S/C22H15Br.C3H3N3/c23-22-14-13-19(20-11-4-5-12-21(20)22)18-10-6-9-17(15-18)16-7-2-1-3-8-16;1-4-2-6-3-5-1/h1-15H;1-3H. The molecule has 0 fully saturated rings. The highest BCUT2D eigenvalue weighted by Gasteiger charge is 2.07. The Hall–Kier alpha value is -3.37. The molecule has 140 valence electrons. The molecule has 0 N–H and O–H groups in total. The van der Waals surface area contributed by atoms with Crippen LogP contribution in [0.1, 0.15) is 0 Å². The minimum Gasteiger partial charge on any atom is -0.225 e. The molecular weight excluding hydrogens is 422 g/mol. The van der Waals surface area contributed by atoms with Crippen LogP contribution in [0.25, 0.3) is 33.0 Å². The van der Waals surface area contributed by atoms with Gasteiger partial charge in [-0.3, -0.25) is 0 Å². The minimum absolute atomic E-state index is 1.14. The molecule has 4 aromatic carbocycles. The van der Waals surface area contributed by atoms with Crippen LogP contribution in [-0.4, -0.2) is 15.0 Å². The summed E-state index contributed by atoms with van der Waals surface area (Å²) >= 11 is 3.65. The van der Waals surface area contributed by atoms with Gasteiger partial charge in [0.25, 0.3) is 0 Å².